The van der Waals surface area contributed by atoms with E-state index < -0.39 is 41.8 Å². The van der Waals surface area contributed by atoms with E-state index >= 15 is 0 Å². The van der Waals surface area contributed by atoms with Gasteiger partial charge >= 0.3 is 17.9 Å². The largest absolute Gasteiger partial charge is 0.466 e. The van der Waals surface area contributed by atoms with Crippen LogP contribution in [-0.2, 0) is 38.1 Å². The van der Waals surface area contributed by atoms with Crippen LogP contribution in [0.5, 0.6) is 0 Å². The van der Waals surface area contributed by atoms with Gasteiger partial charge in [0.2, 0.25) is 0 Å². The Labute approximate surface area is 141 Å². The third-order valence-electron chi connectivity index (χ3n) is 3.71. The molecule has 0 aliphatic heterocycles. The Hall–Kier alpha value is -1.67. The van der Waals surface area contributed by atoms with Gasteiger partial charge in [0.15, 0.2) is 0 Å². The van der Waals surface area contributed by atoms with E-state index in [1.165, 1.54) is 0 Å². The van der Waals surface area contributed by atoms with E-state index in [1.54, 1.807) is 27.7 Å². The molecule has 8 nitrogen and oxygen atoms in total. The van der Waals surface area contributed by atoms with E-state index in [1.807, 2.05) is 0 Å². The molecule has 0 radical (unpaired) electrons. The molecule has 1 fully saturated rings. The molecule has 1 aliphatic carbocycles. The fourth-order valence-electron chi connectivity index (χ4n) is 2.70. The zero-order chi connectivity index (χ0) is 18.1. The van der Waals surface area contributed by atoms with Crippen LogP contribution in [0.2, 0.25) is 0 Å². The highest BCUT2D eigenvalue weighted by Crippen LogP contribution is 2.45. The van der Waals surface area contributed by atoms with Gasteiger partial charge in [-0.1, -0.05) is 0 Å². The molecule has 0 N–H and O–H groups in total. The zero-order valence-electron chi connectivity index (χ0n) is 14.6. The van der Waals surface area contributed by atoms with E-state index in [2.05, 4.69) is 0 Å². The molecule has 0 bridgehead atoms. The van der Waals surface area contributed by atoms with E-state index in [4.69, 9.17) is 23.7 Å². The van der Waals surface area contributed by atoms with Crippen molar-refractivity contribution >= 4 is 17.9 Å². The average Bonchev–Trinajstić information content (AvgIpc) is 2.50. The van der Waals surface area contributed by atoms with Gasteiger partial charge in [-0.15, -0.1) is 0 Å². The minimum absolute atomic E-state index is 0.0947. The summed E-state index contributed by atoms with van der Waals surface area (Å²) in [5.41, 5.74) is 0. The summed E-state index contributed by atoms with van der Waals surface area (Å²) in [5.74, 6) is -4.65. The van der Waals surface area contributed by atoms with Crippen LogP contribution in [0.25, 0.3) is 0 Å². The first-order chi connectivity index (χ1) is 11.5. The van der Waals surface area contributed by atoms with Gasteiger partial charge in [0, 0.05) is 6.61 Å². The molecular weight excluding hydrogens is 320 g/mol. The molecular formula is C16H26O8. The number of hydrogen-bond acceptors (Lipinski definition) is 8. The number of ether oxygens (including phenoxy) is 5. The second-order valence-corrected chi connectivity index (χ2v) is 5.08. The van der Waals surface area contributed by atoms with Crippen LogP contribution in [0.15, 0.2) is 0 Å². The van der Waals surface area contributed by atoms with Crippen LogP contribution in [-0.4, -0.2) is 57.2 Å². The number of carbonyl (C=O) groups excluding carboxylic acids is 3. The van der Waals surface area contributed by atoms with E-state index in [-0.39, 0.29) is 26.6 Å². The minimum Gasteiger partial charge on any atom is -0.466 e. The average molecular weight is 346 g/mol. The molecule has 138 valence electrons. The third-order valence-corrected chi connectivity index (χ3v) is 3.71. The molecule has 0 saturated heterocycles. The van der Waals surface area contributed by atoms with Crippen LogP contribution >= 0.6 is 0 Å². The first-order valence-corrected chi connectivity index (χ1v) is 8.22. The Morgan fingerprint density at radius 1 is 0.667 bits per heavy atom. The summed E-state index contributed by atoms with van der Waals surface area (Å²) >= 11 is 0. The predicted octanol–water partition coefficient (Wildman–Crippen LogP) is 0.917. The normalized spacial score (nSPS) is 25.5. The van der Waals surface area contributed by atoms with Crippen molar-refractivity contribution in [2.24, 2.45) is 17.8 Å². The van der Waals surface area contributed by atoms with Gasteiger partial charge < -0.3 is 23.7 Å². The highest BCUT2D eigenvalue weighted by atomic mass is 16.7. The molecule has 0 aromatic heterocycles. The summed E-state index contributed by atoms with van der Waals surface area (Å²) in [6.07, 6.45) is -0.843. The smallest absolute Gasteiger partial charge is 0.312 e. The number of rotatable bonds is 10. The predicted molar refractivity (Wildman–Crippen MR) is 81.7 cm³/mol. The van der Waals surface area contributed by atoms with Crippen molar-refractivity contribution in [3.8, 4) is 0 Å². The summed E-state index contributed by atoms with van der Waals surface area (Å²) in [7, 11) is 0. The number of esters is 3. The molecule has 2 unspecified atom stereocenters. The van der Waals surface area contributed by atoms with Gasteiger partial charge in [-0.3, -0.25) is 14.4 Å². The van der Waals surface area contributed by atoms with Crippen LogP contribution in [0.3, 0.4) is 0 Å². The monoisotopic (exact) mass is 346 g/mol. The topological polar surface area (TPSA) is 97.4 Å². The summed E-state index contributed by atoms with van der Waals surface area (Å²) in [6.45, 7) is 7.55. The maximum atomic E-state index is 12.2. The standard InChI is InChI=1S/C16H26O8/c1-5-20-9-24-13-11(15(18)22-7-3)10(14(17)21-6-2)12(13)16(19)23-8-4/h10-13H,5-9H2,1-4H3. The molecule has 0 amide bonds. The Bertz CT molecular complexity index is 410. The van der Waals surface area contributed by atoms with Gasteiger partial charge in [-0.2, -0.15) is 0 Å². The lowest BCUT2D eigenvalue weighted by molar-refractivity contribution is -0.222. The molecule has 1 rings (SSSR count). The van der Waals surface area contributed by atoms with Crippen molar-refractivity contribution in [2.75, 3.05) is 33.2 Å². The molecule has 0 heterocycles. The zero-order valence-corrected chi connectivity index (χ0v) is 14.6. The lowest BCUT2D eigenvalue weighted by Gasteiger charge is -2.46. The lowest BCUT2D eigenvalue weighted by atomic mass is 9.61. The summed E-state index contributed by atoms with van der Waals surface area (Å²) in [5, 5.41) is 0. The number of hydrogen-bond donors (Lipinski definition) is 0. The Morgan fingerprint density at radius 2 is 1.08 bits per heavy atom. The van der Waals surface area contributed by atoms with Crippen LogP contribution in [0.4, 0.5) is 0 Å². The van der Waals surface area contributed by atoms with Crippen molar-refractivity contribution in [1.29, 1.82) is 0 Å². The molecule has 24 heavy (non-hydrogen) atoms. The summed E-state index contributed by atoms with van der Waals surface area (Å²) < 4.78 is 25.6. The molecule has 2 atom stereocenters. The van der Waals surface area contributed by atoms with Crippen molar-refractivity contribution < 1.29 is 38.1 Å². The quantitative estimate of drug-likeness (QED) is 0.249. The minimum atomic E-state index is -0.977. The number of carbonyl (C=O) groups is 3. The second-order valence-electron chi connectivity index (χ2n) is 5.08. The van der Waals surface area contributed by atoms with E-state index in [0.717, 1.165) is 0 Å². The maximum Gasteiger partial charge on any atom is 0.312 e. The Morgan fingerprint density at radius 3 is 1.46 bits per heavy atom. The fraction of sp³-hybridized carbons (Fsp3) is 0.812. The van der Waals surface area contributed by atoms with Gasteiger partial charge in [0.25, 0.3) is 0 Å². The van der Waals surface area contributed by atoms with E-state index in [0.29, 0.717) is 6.61 Å². The van der Waals surface area contributed by atoms with Gasteiger partial charge in [0.05, 0.1) is 43.7 Å². The van der Waals surface area contributed by atoms with Crippen molar-refractivity contribution in [1.82, 2.24) is 0 Å². The highest BCUT2D eigenvalue weighted by molar-refractivity contribution is 5.92. The van der Waals surface area contributed by atoms with Crippen LogP contribution < -0.4 is 0 Å². The second kappa shape index (κ2) is 10.2. The highest BCUT2D eigenvalue weighted by Gasteiger charge is 2.63. The van der Waals surface area contributed by atoms with Gasteiger partial charge in [-0.05, 0) is 27.7 Å². The molecule has 1 saturated carbocycles. The molecule has 1 aliphatic rings. The summed E-state index contributed by atoms with van der Waals surface area (Å²) in [4.78, 5) is 36.6. The third kappa shape index (κ3) is 4.67. The van der Waals surface area contributed by atoms with Gasteiger partial charge in [-0.25, -0.2) is 0 Å². The van der Waals surface area contributed by atoms with Crippen molar-refractivity contribution in [2.45, 2.75) is 33.8 Å². The molecule has 8 heteroatoms. The van der Waals surface area contributed by atoms with E-state index in [9.17, 15) is 14.4 Å². The molecule has 0 aromatic carbocycles. The molecule has 0 spiro atoms. The van der Waals surface area contributed by atoms with Crippen LogP contribution in [0, 0.1) is 17.8 Å². The molecule has 0 aromatic rings. The fourth-order valence-corrected chi connectivity index (χ4v) is 2.70. The van der Waals surface area contributed by atoms with Crippen molar-refractivity contribution in [3.05, 3.63) is 0 Å². The van der Waals surface area contributed by atoms with Crippen molar-refractivity contribution in [3.63, 3.8) is 0 Å². The SMILES string of the molecule is CCOCOC1C(C(=O)OCC)C(C(=O)OCC)C1C(=O)OCC. The van der Waals surface area contributed by atoms with Crippen LogP contribution in [0.1, 0.15) is 27.7 Å². The summed E-state index contributed by atoms with van der Waals surface area (Å²) in [6, 6.07) is 0. The lowest BCUT2D eigenvalue weighted by Crippen LogP contribution is -2.62. The Balaban J connectivity index is 3.00. The first-order valence-electron chi connectivity index (χ1n) is 8.22. The van der Waals surface area contributed by atoms with Gasteiger partial charge in [0.1, 0.15) is 6.79 Å². The maximum absolute atomic E-state index is 12.2. The first kappa shape index (κ1) is 20.4. The Kier molecular flexibility index (Phi) is 8.70.